The molecule has 2 rings (SSSR count). The Morgan fingerprint density at radius 2 is 1.78 bits per heavy atom. The van der Waals surface area contributed by atoms with Crippen LogP contribution in [0.15, 0.2) is 36.4 Å². The molecule has 0 amide bonds. The Kier molecular flexibility index (Phi) is 3.97. The van der Waals surface area contributed by atoms with Crippen LogP contribution in [0.5, 0.6) is 0 Å². The van der Waals surface area contributed by atoms with E-state index in [0.29, 0.717) is 5.92 Å². The molecule has 0 aliphatic carbocycles. The molecule has 0 saturated heterocycles. The lowest BCUT2D eigenvalue weighted by molar-refractivity contribution is 0.518. The van der Waals surface area contributed by atoms with Gasteiger partial charge < -0.3 is 10.3 Å². The largest absolute Gasteiger partial charge is 0.385 e. The fourth-order valence-electron chi connectivity index (χ4n) is 2.08. The van der Waals surface area contributed by atoms with E-state index in [9.17, 15) is 0 Å². The highest BCUT2D eigenvalue weighted by Crippen LogP contribution is 2.18. The molecule has 18 heavy (non-hydrogen) atoms. The molecule has 0 aliphatic heterocycles. The number of rotatable bonds is 4. The van der Waals surface area contributed by atoms with Gasteiger partial charge in [-0.05, 0) is 35.7 Å². The van der Waals surface area contributed by atoms with Gasteiger partial charge in [-0.15, -0.1) is 0 Å². The third kappa shape index (κ3) is 3.08. The predicted octanol–water partition coefficient (Wildman–Crippen LogP) is 3.97. The lowest BCUT2D eigenvalue weighted by Crippen LogP contribution is -2.11. The van der Waals surface area contributed by atoms with E-state index in [1.807, 2.05) is 18.2 Å². The van der Waals surface area contributed by atoms with Crippen molar-refractivity contribution in [2.24, 2.45) is 5.92 Å². The molecule has 1 heterocycles. The SMILES string of the molecule is CC(C)Cn1c(N)ccc1Cc1ccc(Cl)cc1. The van der Waals surface area contributed by atoms with Gasteiger partial charge in [0.05, 0.1) is 0 Å². The van der Waals surface area contributed by atoms with Crippen molar-refractivity contribution in [1.29, 1.82) is 0 Å². The number of benzene rings is 1. The van der Waals surface area contributed by atoms with E-state index in [1.165, 1.54) is 11.3 Å². The second kappa shape index (κ2) is 5.49. The van der Waals surface area contributed by atoms with Crippen molar-refractivity contribution in [1.82, 2.24) is 4.57 Å². The van der Waals surface area contributed by atoms with Gasteiger partial charge in [0.25, 0.3) is 0 Å². The first kappa shape index (κ1) is 13.0. The molecule has 0 fully saturated rings. The van der Waals surface area contributed by atoms with Crippen molar-refractivity contribution in [3.63, 3.8) is 0 Å². The fraction of sp³-hybridized carbons (Fsp3) is 0.333. The summed E-state index contributed by atoms with van der Waals surface area (Å²) in [7, 11) is 0. The molecular weight excluding hydrogens is 244 g/mol. The summed E-state index contributed by atoms with van der Waals surface area (Å²) in [6.07, 6.45) is 0.890. The highest BCUT2D eigenvalue weighted by atomic mass is 35.5. The third-order valence-corrected chi connectivity index (χ3v) is 3.20. The van der Waals surface area contributed by atoms with Gasteiger partial charge in [0.1, 0.15) is 5.82 Å². The first-order valence-electron chi connectivity index (χ1n) is 6.24. The minimum absolute atomic E-state index is 0.587. The van der Waals surface area contributed by atoms with Gasteiger partial charge in [-0.1, -0.05) is 37.6 Å². The molecule has 0 saturated carbocycles. The van der Waals surface area contributed by atoms with Crippen LogP contribution in [0.1, 0.15) is 25.1 Å². The highest BCUT2D eigenvalue weighted by Gasteiger charge is 2.08. The lowest BCUT2D eigenvalue weighted by atomic mass is 10.1. The number of hydrogen-bond acceptors (Lipinski definition) is 1. The summed E-state index contributed by atoms with van der Waals surface area (Å²) >= 11 is 5.89. The van der Waals surface area contributed by atoms with Gasteiger partial charge in [-0.3, -0.25) is 0 Å². The van der Waals surface area contributed by atoms with Crippen molar-refractivity contribution in [3.8, 4) is 0 Å². The molecule has 1 aromatic heterocycles. The Hall–Kier alpha value is -1.41. The van der Waals surface area contributed by atoms with Crippen molar-refractivity contribution in [3.05, 3.63) is 52.7 Å². The van der Waals surface area contributed by atoms with E-state index in [0.717, 1.165) is 23.8 Å². The van der Waals surface area contributed by atoms with E-state index in [2.05, 4.69) is 36.6 Å². The standard InChI is InChI=1S/C15H19ClN2/c1-11(2)10-18-14(7-8-15(18)17)9-12-3-5-13(16)6-4-12/h3-8,11H,9-10,17H2,1-2H3. The number of halogens is 1. The van der Waals surface area contributed by atoms with E-state index < -0.39 is 0 Å². The summed E-state index contributed by atoms with van der Waals surface area (Å²) in [5.74, 6) is 1.43. The summed E-state index contributed by atoms with van der Waals surface area (Å²) in [5.41, 5.74) is 8.51. The second-order valence-corrected chi connectivity index (χ2v) is 5.49. The second-order valence-electron chi connectivity index (χ2n) is 5.06. The Morgan fingerprint density at radius 1 is 1.11 bits per heavy atom. The van der Waals surface area contributed by atoms with Crippen molar-refractivity contribution in [2.75, 3.05) is 5.73 Å². The quantitative estimate of drug-likeness (QED) is 0.888. The average Bonchev–Trinajstić information content (AvgIpc) is 2.64. The van der Waals surface area contributed by atoms with Crippen molar-refractivity contribution in [2.45, 2.75) is 26.8 Å². The van der Waals surface area contributed by atoms with Gasteiger partial charge in [-0.25, -0.2) is 0 Å². The summed E-state index contributed by atoms with van der Waals surface area (Å²) in [6, 6.07) is 12.1. The van der Waals surface area contributed by atoms with Crippen LogP contribution >= 0.6 is 11.6 Å². The maximum absolute atomic E-state index is 6.01. The highest BCUT2D eigenvalue weighted by molar-refractivity contribution is 6.30. The summed E-state index contributed by atoms with van der Waals surface area (Å²) in [4.78, 5) is 0. The van der Waals surface area contributed by atoms with Crippen LogP contribution in [0.4, 0.5) is 5.82 Å². The van der Waals surface area contributed by atoms with Crippen molar-refractivity contribution >= 4 is 17.4 Å². The Balaban J connectivity index is 2.21. The Labute approximate surface area is 113 Å². The van der Waals surface area contributed by atoms with Crippen LogP contribution in [0.25, 0.3) is 0 Å². The fourth-order valence-corrected chi connectivity index (χ4v) is 2.21. The van der Waals surface area contributed by atoms with Crippen LogP contribution in [0.2, 0.25) is 5.02 Å². The van der Waals surface area contributed by atoms with E-state index >= 15 is 0 Å². The summed E-state index contributed by atoms with van der Waals surface area (Å²) < 4.78 is 2.19. The molecule has 0 unspecified atom stereocenters. The zero-order chi connectivity index (χ0) is 13.1. The molecule has 2 nitrogen and oxygen atoms in total. The van der Waals surface area contributed by atoms with Crippen LogP contribution < -0.4 is 5.73 Å². The molecule has 0 atom stereocenters. The molecular formula is C15H19ClN2. The molecule has 0 radical (unpaired) electrons. The maximum atomic E-state index is 6.01. The van der Waals surface area contributed by atoms with E-state index in [4.69, 9.17) is 17.3 Å². The zero-order valence-electron chi connectivity index (χ0n) is 10.9. The number of nitrogens with zero attached hydrogens (tertiary/aromatic N) is 1. The number of hydrogen-bond donors (Lipinski definition) is 1. The van der Waals surface area contributed by atoms with Gasteiger partial charge in [0, 0.05) is 23.7 Å². The zero-order valence-corrected chi connectivity index (χ0v) is 11.6. The predicted molar refractivity (Wildman–Crippen MR) is 77.9 cm³/mol. The first-order valence-corrected chi connectivity index (χ1v) is 6.62. The number of nitrogens with two attached hydrogens (primary N) is 1. The van der Waals surface area contributed by atoms with Crippen molar-refractivity contribution < 1.29 is 0 Å². The molecule has 0 spiro atoms. The molecule has 0 aliphatic rings. The minimum Gasteiger partial charge on any atom is -0.385 e. The summed E-state index contributed by atoms with van der Waals surface area (Å²) in [6.45, 7) is 5.36. The molecule has 3 heteroatoms. The maximum Gasteiger partial charge on any atom is 0.103 e. The lowest BCUT2D eigenvalue weighted by Gasteiger charge is -2.13. The average molecular weight is 263 g/mol. The minimum atomic E-state index is 0.587. The van der Waals surface area contributed by atoms with Crippen LogP contribution in [-0.2, 0) is 13.0 Å². The number of anilines is 1. The molecule has 1 aromatic carbocycles. The van der Waals surface area contributed by atoms with E-state index in [1.54, 1.807) is 0 Å². The Morgan fingerprint density at radius 3 is 2.39 bits per heavy atom. The Bertz CT molecular complexity index is 512. The van der Waals surface area contributed by atoms with Gasteiger partial charge >= 0.3 is 0 Å². The van der Waals surface area contributed by atoms with Gasteiger partial charge in [0.2, 0.25) is 0 Å². The monoisotopic (exact) mass is 262 g/mol. The third-order valence-electron chi connectivity index (χ3n) is 2.95. The number of nitrogen functional groups attached to an aromatic ring is 1. The topological polar surface area (TPSA) is 30.9 Å². The normalized spacial score (nSPS) is 11.1. The van der Waals surface area contributed by atoms with Crippen LogP contribution in [0.3, 0.4) is 0 Å². The van der Waals surface area contributed by atoms with Gasteiger partial charge in [-0.2, -0.15) is 0 Å². The summed E-state index contributed by atoms with van der Waals surface area (Å²) in [5, 5.41) is 0.774. The van der Waals surface area contributed by atoms with Gasteiger partial charge in [0.15, 0.2) is 0 Å². The molecule has 0 bridgehead atoms. The molecule has 2 N–H and O–H groups in total. The smallest absolute Gasteiger partial charge is 0.103 e. The van der Waals surface area contributed by atoms with E-state index in [-0.39, 0.29) is 0 Å². The van der Waals surface area contributed by atoms with Crippen LogP contribution in [-0.4, -0.2) is 4.57 Å². The molecule has 2 aromatic rings. The van der Waals surface area contributed by atoms with Crippen LogP contribution in [0, 0.1) is 5.92 Å². The molecule has 96 valence electrons. The first-order chi connectivity index (χ1) is 8.56. The number of aromatic nitrogens is 1.